The number of nitrogens with zero attached hydrogens (tertiary/aromatic N) is 2. The van der Waals surface area contributed by atoms with Gasteiger partial charge in [-0.2, -0.15) is 0 Å². The molecule has 0 saturated carbocycles. The fraction of sp³-hybridized carbons (Fsp3) is 0.267. The highest BCUT2D eigenvalue weighted by Crippen LogP contribution is 2.57. The Morgan fingerprint density at radius 1 is 0.511 bits per heavy atom. The molecule has 0 amide bonds. The summed E-state index contributed by atoms with van der Waals surface area (Å²) in [5, 5.41) is 84.2. The summed E-state index contributed by atoms with van der Waals surface area (Å²) in [6.45, 7) is 9.07. The molecular formula is C30H28N2O14S. The molecule has 2 heterocycles. The van der Waals surface area contributed by atoms with E-state index in [2.05, 4.69) is 0 Å². The van der Waals surface area contributed by atoms with Gasteiger partial charge >= 0.3 is 0 Å². The topological polar surface area (TPSA) is 274 Å². The fourth-order valence-electron chi connectivity index (χ4n) is 5.66. The minimum absolute atomic E-state index is 0.0571. The highest BCUT2D eigenvalue weighted by molar-refractivity contribution is 7.92. The van der Waals surface area contributed by atoms with Gasteiger partial charge in [-0.15, -0.1) is 0 Å². The van der Waals surface area contributed by atoms with Crippen molar-refractivity contribution in [3.05, 3.63) is 59.1 Å². The Morgan fingerprint density at radius 3 is 1.15 bits per heavy atom. The lowest BCUT2D eigenvalue weighted by atomic mass is 9.85. The summed E-state index contributed by atoms with van der Waals surface area (Å²) in [5.74, 6) is -12.4. The van der Waals surface area contributed by atoms with Gasteiger partial charge in [0.2, 0.25) is 9.84 Å². The molecule has 0 atom stereocenters. The first-order valence-corrected chi connectivity index (χ1v) is 15.1. The molecule has 5 aromatic rings. The van der Waals surface area contributed by atoms with Crippen LogP contribution < -0.4 is 22.2 Å². The number of phenolic OH excluding ortho intramolecular Hbond substituents is 8. The van der Waals surface area contributed by atoms with Crippen LogP contribution in [-0.2, 0) is 20.8 Å². The molecule has 5 rings (SSSR count). The molecule has 2 aromatic heterocycles. The van der Waals surface area contributed by atoms with Crippen molar-refractivity contribution in [2.45, 2.75) is 62.3 Å². The van der Waals surface area contributed by atoms with Crippen molar-refractivity contribution in [2.75, 3.05) is 0 Å². The number of rotatable bonds is 3. The van der Waals surface area contributed by atoms with Crippen LogP contribution in [0.1, 0.15) is 47.1 Å². The lowest BCUT2D eigenvalue weighted by molar-refractivity contribution is 0.335. The second-order valence-corrected chi connectivity index (χ2v) is 14.8. The van der Waals surface area contributed by atoms with Crippen molar-refractivity contribution in [1.82, 2.24) is 9.13 Å². The summed E-state index contributed by atoms with van der Waals surface area (Å²) in [6.07, 6.45) is 0. The standard InChI is InChI=1S/C30H28N2O14S/c1-29(2,3)13-15(33)19(37)23(20(38)16(13)34)47(45,46)24-21(39)17(35)14(18(36)22(24)40)31-25(41)9-7-11-12(8-10(9)26(31)42)28(44)32(27(11)43)30(4,5)6/h7-8,33-40H,1-6H3. The zero-order valence-corrected chi connectivity index (χ0v) is 26.3. The van der Waals surface area contributed by atoms with Gasteiger partial charge < -0.3 is 40.9 Å². The summed E-state index contributed by atoms with van der Waals surface area (Å²) in [4.78, 5) is 49.5. The average Bonchev–Trinajstić information content (AvgIpc) is 3.33. The summed E-state index contributed by atoms with van der Waals surface area (Å²) in [7, 11) is -5.68. The molecule has 0 radical (unpaired) electrons. The van der Waals surface area contributed by atoms with Gasteiger partial charge in [-0.25, -0.2) is 13.0 Å². The van der Waals surface area contributed by atoms with E-state index in [1.54, 1.807) is 20.8 Å². The molecule has 16 nitrogen and oxygen atoms in total. The zero-order valence-electron chi connectivity index (χ0n) is 25.5. The Morgan fingerprint density at radius 2 is 0.830 bits per heavy atom. The molecule has 0 bridgehead atoms. The van der Waals surface area contributed by atoms with Crippen molar-refractivity contribution in [3.8, 4) is 51.7 Å². The smallest absolute Gasteiger partial charge is 0.266 e. The third-order valence-electron chi connectivity index (χ3n) is 7.75. The van der Waals surface area contributed by atoms with Gasteiger partial charge in [0.05, 0.1) is 21.5 Å². The van der Waals surface area contributed by atoms with E-state index < -0.39 is 121 Å². The third kappa shape index (κ3) is 4.22. The van der Waals surface area contributed by atoms with Crippen LogP contribution in [0.15, 0.2) is 41.1 Å². The van der Waals surface area contributed by atoms with E-state index in [9.17, 15) is 68.4 Å². The van der Waals surface area contributed by atoms with Crippen LogP contribution in [0.4, 0.5) is 0 Å². The zero-order chi connectivity index (χ0) is 35.6. The van der Waals surface area contributed by atoms with Gasteiger partial charge in [0.25, 0.3) is 22.2 Å². The van der Waals surface area contributed by atoms with Crippen molar-refractivity contribution >= 4 is 31.4 Å². The number of hydrogen-bond donors (Lipinski definition) is 8. The van der Waals surface area contributed by atoms with Crippen LogP contribution in [0.2, 0.25) is 0 Å². The van der Waals surface area contributed by atoms with E-state index >= 15 is 0 Å². The summed E-state index contributed by atoms with van der Waals surface area (Å²) < 4.78 is 28.2. The number of aromatic hydroxyl groups is 8. The summed E-state index contributed by atoms with van der Waals surface area (Å²) in [6, 6.07) is 1.91. The minimum Gasteiger partial charge on any atom is -0.504 e. The van der Waals surface area contributed by atoms with Crippen molar-refractivity contribution < 1.29 is 49.3 Å². The molecule has 0 unspecified atom stereocenters. The van der Waals surface area contributed by atoms with E-state index in [0.717, 1.165) is 16.7 Å². The van der Waals surface area contributed by atoms with Crippen molar-refractivity contribution in [1.29, 1.82) is 0 Å². The van der Waals surface area contributed by atoms with E-state index in [1.165, 1.54) is 20.8 Å². The average molecular weight is 673 g/mol. The summed E-state index contributed by atoms with van der Waals surface area (Å²) in [5.41, 5.74) is -8.09. The second-order valence-electron chi connectivity index (χ2n) is 12.9. The Balaban J connectivity index is 1.83. The largest absolute Gasteiger partial charge is 0.504 e. The number of sulfone groups is 1. The highest BCUT2D eigenvalue weighted by atomic mass is 32.2. The number of aromatic nitrogens is 2. The quantitative estimate of drug-likeness (QED) is 0.0995. The van der Waals surface area contributed by atoms with E-state index in [1.807, 2.05) is 0 Å². The Labute approximate surface area is 262 Å². The first-order chi connectivity index (χ1) is 21.4. The minimum atomic E-state index is -5.68. The van der Waals surface area contributed by atoms with Gasteiger partial charge in [0.1, 0.15) is 5.69 Å². The predicted molar refractivity (Wildman–Crippen MR) is 165 cm³/mol. The molecule has 3 aromatic carbocycles. The van der Waals surface area contributed by atoms with Crippen LogP contribution >= 0.6 is 0 Å². The molecule has 17 heteroatoms. The Kier molecular flexibility index (Phi) is 6.71. The number of benzene rings is 3. The molecular weight excluding hydrogens is 644 g/mol. The molecule has 8 N–H and O–H groups in total. The first kappa shape index (κ1) is 32.7. The predicted octanol–water partition coefficient (Wildman–Crippen LogP) is 1.43. The van der Waals surface area contributed by atoms with Crippen LogP contribution in [0.3, 0.4) is 0 Å². The third-order valence-corrected chi connectivity index (χ3v) is 9.60. The van der Waals surface area contributed by atoms with Crippen molar-refractivity contribution in [2.24, 2.45) is 0 Å². The summed E-state index contributed by atoms with van der Waals surface area (Å²) >= 11 is 0. The second kappa shape index (κ2) is 9.65. The highest BCUT2D eigenvalue weighted by Gasteiger charge is 2.41. The number of hydrogen-bond acceptors (Lipinski definition) is 14. The maximum atomic E-state index is 13.6. The van der Waals surface area contributed by atoms with E-state index in [4.69, 9.17) is 0 Å². The molecule has 0 aliphatic heterocycles. The van der Waals surface area contributed by atoms with E-state index in [-0.39, 0.29) is 15.3 Å². The van der Waals surface area contributed by atoms with Crippen LogP contribution in [0.5, 0.6) is 46.0 Å². The lowest BCUT2D eigenvalue weighted by Gasteiger charge is -2.24. The first-order valence-electron chi connectivity index (χ1n) is 13.6. The molecule has 47 heavy (non-hydrogen) atoms. The Bertz CT molecular complexity index is 2420. The molecule has 0 aliphatic rings. The number of phenols is 8. The maximum Gasteiger partial charge on any atom is 0.266 e. The van der Waals surface area contributed by atoms with Crippen molar-refractivity contribution in [3.63, 3.8) is 0 Å². The molecule has 0 aliphatic carbocycles. The SMILES string of the molecule is CC(C)(C)c1c(O)c(O)c(S(=O)(=O)c2c(O)c(O)c(-n3c(=O)c4cc5c(=O)n(C(C)(C)C)c(=O)c5cc4c3=O)c(O)c2O)c(O)c1O. The van der Waals surface area contributed by atoms with Gasteiger partial charge in [-0.05, 0) is 38.3 Å². The monoisotopic (exact) mass is 672 g/mol. The van der Waals surface area contributed by atoms with Gasteiger partial charge in [-0.1, -0.05) is 20.8 Å². The Hall–Kier alpha value is -5.71. The molecule has 248 valence electrons. The lowest BCUT2D eigenvalue weighted by Crippen LogP contribution is -2.38. The van der Waals surface area contributed by atoms with Gasteiger partial charge in [0.15, 0.2) is 55.8 Å². The van der Waals surface area contributed by atoms with Crippen LogP contribution in [-0.4, -0.2) is 58.4 Å². The van der Waals surface area contributed by atoms with Crippen LogP contribution in [0.25, 0.3) is 27.2 Å². The molecule has 0 spiro atoms. The normalized spacial score (nSPS) is 12.8. The molecule has 0 fully saturated rings. The van der Waals surface area contributed by atoms with Crippen LogP contribution in [0, 0.1) is 0 Å². The maximum absolute atomic E-state index is 13.6. The molecule has 0 saturated heterocycles. The fourth-order valence-corrected chi connectivity index (χ4v) is 7.27. The van der Waals surface area contributed by atoms with Gasteiger partial charge in [-0.3, -0.25) is 23.7 Å². The number of fused-ring (bicyclic) bond motifs is 2. The van der Waals surface area contributed by atoms with E-state index in [0.29, 0.717) is 0 Å². The van der Waals surface area contributed by atoms with Gasteiger partial charge in [0, 0.05) is 11.1 Å².